The molecule has 3 heterocycles. The average Bonchev–Trinajstić information content (AvgIpc) is 3.37. The van der Waals surface area contributed by atoms with Gasteiger partial charge in [-0.15, -0.1) is 53.6 Å². The molecule has 0 amide bonds. The van der Waals surface area contributed by atoms with Crippen LogP contribution in [-0.2, 0) is 25.5 Å². The van der Waals surface area contributed by atoms with Crippen molar-refractivity contribution < 1.29 is 41.5 Å². The van der Waals surface area contributed by atoms with Crippen LogP contribution in [0.25, 0.3) is 44.5 Å². The van der Waals surface area contributed by atoms with E-state index in [4.69, 9.17) is 12.6 Å². The van der Waals surface area contributed by atoms with Crippen molar-refractivity contribution in [3.05, 3.63) is 114 Å². The van der Waals surface area contributed by atoms with E-state index in [9.17, 15) is 8.78 Å². The molecule has 3 nitrogen and oxygen atoms in total. The molecule has 3 aromatic carbocycles. The monoisotopic (exact) mass is 789 g/mol. The van der Waals surface area contributed by atoms with Crippen LogP contribution in [0.5, 0.6) is 0 Å². The molecule has 0 aliphatic carbocycles. The van der Waals surface area contributed by atoms with Gasteiger partial charge in [-0.3, -0.25) is 0 Å². The number of halogens is 2. The third-order valence-electron chi connectivity index (χ3n) is 7.12. The van der Waals surface area contributed by atoms with Crippen molar-refractivity contribution in [3.63, 3.8) is 0 Å². The van der Waals surface area contributed by atoms with Gasteiger partial charge in [-0.05, 0) is 46.5 Å². The maximum absolute atomic E-state index is 14.2. The molecular formula is C37H36F2IrN2OSi-2. The molecule has 6 rings (SSSR count). The summed E-state index contributed by atoms with van der Waals surface area (Å²) < 4.78 is 79.1. The number of fused-ring (bicyclic) bond motifs is 3. The second kappa shape index (κ2) is 12.8. The van der Waals surface area contributed by atoms with Crippen molar-refractivity contribution in [2.45, 2.75) is 59.5 Å². The van der Waals surface area contributed by atoms with Gasteiger partial charge in [0, 0.05) is 46.0 Å². The maximum Gasteiger partial charge on any atom is 0.143 e. The molecule has 1 radical (unpaired) electrons. The standard InChI is InChI=1S/C21H16F2NO.C16H20NSi.Ir/c1-21(2,3)16-10-18(24-11-17(16)23)15-6-4-5-14-13-8-7-12(22)9-19(13)25-20(14)15;1-12-6-8-14(9-7-12)15-10-13(2)16(11-17-15)18(3,4)5;/h4-5,7-11H,1-3H3;6-8,10-11H,1-5H3;/q2*-1;/i;1D3,2D3;. The van der Waals surface area contributed by atoms with Gasteiger partial charge in [0.1, 0.15) is 17.2 Å². The van der Waals surface area contributed by atoms with Crippen LogP contribution in [0.15, 0.2) is 77.5 Å². The van der Waals surface area contributed by atoms with Gasteiger partial charge >= 0.3 is 0 Å². The van der Waals surface area contributed by atoms with Crippen LogP contribution in [0, 0.1) is 37.5 Å². The van der Waals surface area contributed by atoms with Gasteiger partial charge in [-0.25, -0.2) is 8.78 Å². The van der Waals surface area contributed by atoms with Gasteiger partial charge in [0.25, 0.3) is 0 Å². The minimum atomic E-state index is -2.22. The molecule has 6 aromatic rings. The number of rotatable bonds is 3. The zero-order chi connectivity index (χ0) is 36.1. The van der Waals surface area contributed by atoms with Gasteiger partial charge in [0.15, 0.2) is 0 Å². The first kappa shape index (κ1) is 25.8. The Balaban J connectivity index is 0.000000221. The maximum atomic E-state index is 14.2. The fourth-order valence-electron chi connectivity index (χ4n) is 4.84. The molecule has 0 atom stereocenters. The quantitative estimate of drug-likeness (QED) is 0.133. The molecule has 0 fully saturated rings. The van der Waals surface area contributed by atoms with Gasteiger partial charge in [-0.1, -0.05) is 75.9 Å². The molecule has 0 saturated heterocycles. The third kappa shape index (κ3) is 7.07. The number of nitrogens with zero attached hydrogens (tertiary/aromatic N) is 2. The largest absolute Gasteiger partial charge is 0.500 e. The SMILES string of the molecule is CC(C)(C)c1cc(-c2[c-]ccc3c2oc2cc(F)ccc23)ncc1F.[2H]C([2H])([2H])c1c[c-]c(-c2cc(C([2H])([2H])[2H])c([Si](C)(C)C)cn2)cc1.[Ir]. The minimum absolute atomic E-state index is 0. The summed E-state index contributed by atoms with van der Waals surface area (Å²) in [6, 6.07) is 22.0. The van der Waals surface area contributed by atoms with Crippen molar-refractivity contribution in [1.82, 2.24) is 9.97 Å². The summed E-state index contributed by atoms with van der Waals surface area (Å²) >= 11 is 0. The molecule has 0 bridgehead atoms. The Bertz CT molecular complexity index is 2150. The summed E-state index contributed by atoms with van der Waals surface area (Å²) in [6.07, 6.45) is 2.87. The smallest absolute Gasteiger partial charge is 0.143 e. The Labute approximate surface area is 281 Å². The van der Waals surface area contributed by atoms with Crippen LogP contribution in [0.1, 0.15) is 45.7 Å². The third-order valence-corrected chi connectivity index (χ3v) is 9.13. The van der Waals surface area contributed by atoms with Gasteiger partial charge in [0.2, 0.25) is 0 Å². The average molecular weight is 789 g/mol. The number of pyridine rings is 2. The summed E-state index contributed by atoms with van der Waals surface area (Å²) in [6.45, 7) is 7.68. The van der Waals surface area contributed by atoms with Crippen LogP contribution in [-0.4, -0.2) is 18.0 Å². The minimum Gasteiger partial charge on any atom is -0.500 e. The van der Waals surface area contributed by atoms with Crippen molar-refractivity contribution in [2.24, 2.45) is 0 Å². The molecule has 0 spiro atoms. The second-order valence-electron chi connectivity index (χ2n) is 12.5. The van der Waals surface area contributed by atoms with Crippen molar-refractivity contribution in [3.8, 4) is 22.5 Å². The molecule has 0 saturated carbocycles. The predicted octanol–water partition coefficient (Wildman–Crippen LogP) is 9.73. The van der Waals surface area contributed by atoms with Crippen LogP contribution in [0.4, 0.5) is 8.78 Å². The van der Waals surface area contributed by atoms with Gasteiger partial charge in [0.05, 0.1) is 19.9 Å². The zero-order valence-electron chi connectivity index (χ0n) is 31.3. The molecule has 0 aliphatic heterocycles. The van der Waals surface area contributed by atoms with E-state index >= 15 is 0 Å². The van der Waals surface area contributed by atoms with E-state index in [0.717, 1.165) is 16.0 Å². The summed E-state index contributed by atoms with van der Waals surface area (Å²) in [4.78, 5) is 8.61. The molecule has 0 aliphatic rings. The van der Waals surface area contributed by atoms with Gasteiger partial charge < -0.3 is 14.4 Å². The van der Waals surface area contributed by atoms with Crippen LogP contribution in [0.2, 0.25) is 19.6 Å². The first-order valence-corrected chi connectivity index (χ1v) is 17.4. The van der Waals surface area contributed by atoms with Crippen molar-refractivity contribution >= 4 is 35.2 Å². The number of hydrogen-bond acceptors (Lipinski definition) is 3. The topological polar surface area (TPSA) is 38.9 Å². The fraction of sp³-hybridized carbons (Fsp3) is 0.243. The van der Waals surface area contributed by atoms with Crippen molar-refractivity contribution in [2.75, 3.05) is 0 Å². The molecule has 0 unspecified atom stereocenters. The van der Waals surface area contributed by atoms with E-state index in [1.165, 1.54) is 30.5 Å². The summed E-state index contributed by atoms with van der Waals surface area (Å²) in [7, 11) is -1.85. The molecule has 44 heavy (non-hydrogen) atoms. The summed E-state index contributed by atoms with van der Waals surface area (Å²) in [5.74, 6) is -0.692. The Kier molecular flexibility index (Phi) is 7.52. The Morgan fingerprint density at radius 1 is 0.864 bits per heavy atom. The van der Waals surface area contributed by atoms with E-state index in [1.54, 1.807) is 36.5 Å². The molecule has 229 valence electrons. The molecule has 0 N–H and O–H groups in total. The fourth-order valence-corrected chi connectivity index (χ4v) is 6.17. The second-order valence-corrected chi connectivity index (χ2v) is 17.5. The Morgan fingerprint density at radius 3 is 2.30 bits per heavy atom. The molecular weight excluding hydrogens is 747 g/mol. The molecule has 7 heteroatoms. The van der Waals surface area contributed by atoms with Crippen LogP contribution < -0.4 is 5.19 Å². The van der Waals surface area contributed by atoms with Crippen LogP contribution >= 0.6 is 0 Å². The number of aryl methyl sites for hydroxylation is 2. The van der Waals surface area contributed by atoms with Crippen molar-refractivity contribution in [1.29, 1.82) is 0 Å². The number of hydrogen-bond donors (Lipinski definition) is 0. The molecule has 3 aromatic heterocycles. The first-order valence-electron chi connectivity index (χ1n) is 16.9. The van der Waals surface area contributed by atoms with E-state index in [1.807, 2.05) is 26.8 Å². The zero-order valence-corrected chi connectivity index (χ0v) is 28.7. The number of aromatic nitrogens is 2. The summed E-state index contributed by atoms with van der Waals surface area (Å²) in [5.41, 5.74) is 4.06. The van der Waals surface area contributed by atoms with E-state index < -0.39 is 21.8 Å². The first-order chi connectivity index (χ1) is 22.6. The van der Waals surface area contributed by atoms with E-state index in [2.05, 4.69) is 41.7 Å². The predicted molar refractivity (Wildman–Crippen MR) is 175 cm³/mol. The number of benzene rings is 3. The van der Waals surface area contributed by atoms with E-state index in [-0.39, 0.29) is 42.7 Å². The van der Waals surface area contributed by atoms with Crippen LogP contribution in [0.3, 0.4) is 0 Å². The van der Waals surface area contributed by atoms with E-state index in [0.29, 0.717) is 44.8 Å². The normalized spacial score (nSPS) is 14.3. The summed E-state index contributed by atoms with van der Waals surface area (Å²) in [5, 5.41) is 2.49. The Morgan fingerprint density at radius 2 is 1.64 bits per heavy atom. The number of furan rings is 1. The Hall–Kier alpha value is -3.51. The van der Waals surface area contributed by atoms with Gasteiger partial charge in [-0.2, -0.15) is 0 Å².